The number of hydrogen-bond acceptors (Lipinski definition) is 6. The Balaban J connectivity index is 1.33. The molecule has 3 aromatic heterocycles. The van der Waals surface area contributed by atoms with Crippen molar-refractivity contribution in [3.8, 4) is 11.1 Å². The summed E-state index contributed by atoms with van der Waals surface area (Å²) in [7, 11) is 0. The van der Waals surface area contributed by atoms with Crippen LogP contribution in [0.25, 0.3) is 27.7 Å². The monoisotopic (exact) mass is 529 g/mol. The van der Waals surface area contributed by atoms with Crippen molar-refractivity contribution in [3.05, 3.63) is 75.7 Å². The summed E-state index contributed by atoms with van der Waals surface area (Å²) in [5, 5.41) is 15.9. The summed E-state index contributed by atoms with van der Waals surface area (Å²) in [6.07, 6.45) is 0.247. The number of anilines is 1. The number of hydrogen-bond donors (Lipinski definition) is 2. The maximum Gasteiger partial charge on any atom is 0.252 e. The van der Waals surface area contributed by atoms with E-state index >= 15 is 0 Å². The van der Waals surface area contributed by atoms with Gasteiger partial charge in [0.15, 0.2) is 10.8 Å². The molecule has 0 unspecified atom stereocenters. The van der Waals surface area contributed by atoms with E-state index in [1.165, 1.54) is 34.0 Å². The number of nitrogens with two attached hydrogens (primary N) is 1. The second kappa shape index (κ2) is 9.99. The Morgan fingerprint density at radius 2 is 1.76 bits per heavy atom. The highest BCUT2D eigenvalue weighted by Gasteiger charge is 2.20. The molecule has 0 radical (unpaired) electrons. The Morgan fingerprint density at radius 3 is 2.49 bits per heavy atom. The van der Waals surface area contributed by atoms with Gasteiger partial charge >= 0.3 is 0 Å². The van der Waals surface area contributed by atoms with Gasteiger partial charge in [-0.3, -0.25) is 14.0 Å². The van der Waals surface area contributed by atoms with Gasteiger partial charge in [-0.2, -0.15) is 0 Å². The highest BCUT2D eigenvalue weighted by atomic mass is 32.2. The van der Waals surface area contributed by atoms with Crippen molar-refractivity contribution in [2.45, 2.75) is 39.3 Å². The molecule has 5 rings (SSSR count). The summed E-state index contributed by atoms with van der Waals surface area (Å²) in [6.45, 7) is 8.28. The van der Waals surface area contributed by atoms with Crippen molar-refractivity contribution in [1.29, 1.82) is 0 Å². The number of aryl methyl sites for hydroxylation is 4. The summed E-state index contributed by atoms with van der Waals surface area (Å²) in [4.78, 5) is 25.1. The molecule has 0 fully saturated rings. The molecular formula is C28H27N5O2S2. The first-order valence-electron chi connectivity index (χ1n) is 11.9. The number of thioether (sulfide) groups is 1. The molecule has 0 saturated heterocycles. The van der Waals surface area contributed by atoms with Crippen molar-refractivity contribution < 1.29 is 9.59 Å². The molecule has 0 atom stereocenters. The fraction of sp³-hybridized carbons (Fsp3) is 0.214. The average molecular weight is 530 g/mol. The molecule has 0 aliphatic rings. The molecule has 0 aliphatic heterocycles. The predicted molar refractivity (Wildman–Crippen MR) is 152 cm³/mol. The van der Waals surface area contributed by atoms with E-state index in [1.807, 2.05) is 42.6 Å². The number of carbonyl (C=O) groups is 2. The number of rotatable bonds is 7. The number of amides is 2. The number of benzene rings is 2. The number of thiophene rings is 1. The molecule has 188 valence electrons. The molecule has 2 aromatic carbocycles. The third-order valence-corrected chi connectivity index (χ3v) is 8.14. The van der Waals surface area contributed by atoms with E-state index in [9.17, 15) is 9.59 Å². The number of aromatic nitrogens is 3. The highest BCUT2D eigenvalue weighted by molar-refractivity contribution is 7.99. The van der Waals surface area contributed by atoms with Crippen LogP contribution in [0.15, 0.2) is 53.0 Å². The second-order valence-electron chi connectivity index (χ2n) is 9.21. The van der Waals surface area contributed by atoms with E-state index in [0.717, 1.165) is 44.1 Å². The minimum atomic E-state index is -0.566. The lowest BCUT2D eigenvalue weighted by Crippen LogP contribution is -2.17. The topological polar surface area (TPSA) is 102 Å². The van der Waals surface area contributed by atoms with E-state index in [1.54, 1.807) is 0 Å². The molecule has 3 N–H and O–H groups in total. The van der Waals surface area contributed by atoms with E-state index in [-0.39, 0.29) is 12.3 Å². The Hall–Kier alpha value is -3.69. The summed E-state index contributed by atoms with van der Waals surface area (Å²) >= 11 is 2.79. The van der Waals surface area contributed by atoms with Gasteiger partial charge in [-0.25, -0.2) is 0 Å². The van der Waals surface area contributed by atoms with Gasteiger partial charge in [0, 0.05) is 28.5 Å². The standard InChI is InChI=1S/C28H27N5O2S2/c1-15-5-7-19(8-6-15)21-14-37-27(24(21)26(29)35)30-23(34)9-10-36-28-32-31-22-13-17(3)20-12-16(2)11-18(4)25(20)33(22)28/h5-8,11-14H,9-10H2,1-4H3,(H2,29,35)(H,30,34). The molecule has 7 nitrogen and oxygen atoms in total. The van der Waals surface area contributed by atoms with Crippen LogP contribution in [0.4, 0.5) is 5.00 Å². The third kappa shape index (κ3) is 4.84. The SMILES string of the molecule is Cc1ccc(-c2csc(NC(=O)CCSc3nnc4cc(C)c5cc(C)cc(C)c5n34)c2C(N)=O)cc1. The minimum Gasteiger partial charge on any atom is -0.365 e. The van der Waals surface area contributed by atoms with Gasteiger partial charge in [-0.15, -0.1) is 21.5 Å². The Morgan fingerprint density at radius 1 is 1.00 bits per heavy atom. The lowest BCUT2D eigenvalue weighted by Gasteiger charge is -2.11. The molecule has 0 bridgehead atoms. The van der Waals surface area contributed by atoms with Crippen LogP contribution in [0.3, 0.4) is 0 Å². The molecule has 0 aliphatic carbocycles. The van der Waals surface area contributed by atoms with E-state index in [0.29, 0.717) is 16.3 Å². The Labute approximate surface area is 223 Å². The van der Waals surface area contributed by atoms with Crippen LogP contribution >= 0.6 is 23.1 Å². The predicted octanol–water partition coefficient (Wildman–Crippen LogP) is 6.06. The normalized spacial score (nSPS) is 11.4. The van der Waals surface area contributed by atoms with E-state index < -0.39 is 5.91 Å². The summed E-state index contributed by atoms with van der Waals surface area (Å²) in [5.74, 6) is -0.243. The van der Waals surface area contributed by atoms with Gasteiger partial charge in [0.05, 0.1) is 11.1 Å². The Kier molecular flexibility index (Phi) is 6.74. The number of nitrogens with one attached hydrogen (secondary N) is 1. The number of primary amides is 1. The smallest absolute Gasteiger partial charge is 0.252 e. The van der Waals surface area contributed by atoms with Crippen molar-refractivity contribution >= 4 is 56.5 Å². The lowest BCUT2D eigenvalue weighted by molar-refractivity contribution is -0.115. The van der Waals surface area contributed by atoms with Crippen molar-refractivity contribution in [2.24, 2.45) is 5.73 Å². The first-order chi connectivity index (χ1) is 17.7. The highest BCUT2D eigenvalue weighted by Crippen LogP contribution is 2.36. The molecule has 0 spiro atoms. The Bertz CT molecular complexity index is 1670. The molecule has 37 heavy (non-hydrogen) atoms. The van der Waals surface area contributed by atoms with Crippen molar-refractivity contribution in [3.63, 3.8) is 0 Å². The maximum atomic E-state index is 12.8. The summed E-state index contributed by atoms with van der Waals surface area (Å²) in [6, 6.07) is 14.2. The number of pyridine rings is 1. The molecule has 3 heterocycles. The van der Waals surface area contributed by atoms with Crippen LogP contribution in [-0.4, -0.2) is 32.2 Å². The van der Waals surface area contributed by atoms with Gasteiger partial charge in [0.2, 0.25) is 5.91 Å². The lowest BCUT2D eigenvalue weighted by atomic mass is 10.0. The van der Waals surface area contributed by atoms with Crippen molar-refractivity contribution in [2.75, 3.05) is 11.1 Å². The number of fused-ring (bicyclic) bond motifs is 3. The first kappa shape index (κ1) is 25.0. The molecular weight excluding hydrogens is 502 g/mol. The molecule has 0 saturated carbocycles. The van der Waals surface area contributed by atoms with Gasteiger partial charge in [0.1, 0.15) is 5.00 Å². The van der Waals surface area contributed by atoms with Crippen LogP contribution in [0.5, 0.6) is 0 Å². The fourth-order valence-electron chi connectivity index (χ4n) is 4.57. The van der Waals surface area contributed by atoms with E-state index in [2.05, 4.69) is 52.8 Å². The molecule has 5 aromatic rings. The minimum absolute atomic E-state index is 0.186. The number of carbonyl (C=O) groups excluding carboxylic acids is 2. The van der Waals surface area contributed by atoms with Gasteiger partial charge in [-0.1, -0.05) is 53.2 Å². The van der Waals surface area contributed by atoms with E-state index in [4.69, 9.17) is 5.73 Å². The largest absolute Gasteiger partial charge is 0.365 e. The first-order valence-corrected chi connectivity index (χ1v) is 13.8. The number of nitrogens with zero attached hydrogens (tertiary/aromatic N) is 3. The van der Waals surface area contributed by atoms with Crippen LogP contribution in [0.1, 0.15) is 39.0 Å². The van der Waals surface area contributed by atoms with Gasteiger partial charge < -0.3 is 11.1 Å². The quantitative estimate of drug-likeness (QED) is 0.249. The van der Waals surface area contributed by atoms with Crippen LogP contribution < -0.4 is 11.1 Å². The van der Waals surface area contributed by atoms with Crippen LogP contribution in [0.2, 0.25) is 0 Å². The summed E-state index contributed by atoms with van der Waals surface area (Å²) < 4.78 is 2.07. The maximum absolute atomic E-state index is 12.8. The third-order valence-electron chi connectivity index (χ3n) is 6.31. The zero-order valence-electron chi connectivity index (χ0n) is 21.1. The average Bonchev–Trinajstić information content (AvgIpc) is 3.44. The molecule has 9 heteroatoms. The zero-order valence-corrected chi connectivity index (χ0v) is 22.7. The van der Waals surface area contributed by atoms with Gasteiger partial charge in [-0.05, 0) is 56.5 Å². The van der Waals surface area contributed by atoms with Gasteiger partial charge in [0.25, 0.3) is 5.91 Å². The van der Waals surface area contributed by atoms with Crippen LogP contribution in [-0.2, 0) is 4.79 Å². The van der Waals surface area contributed by atoms with Crippen LogP contribution in [0, 0.1) is 27.7 Å². The van der Waals surface area contributed by atoms with Crippen molar-refractivity contribution in [1.82, 2.24) is 14.6 Å². The zero-order chi connectivity index (χ0) is 26.3. The molecule has 2 amide bonds. The fourth-order valence-corrected chi connectivity index (χ4v) is 6.44. The second-order valence-corrected chi connectivity index (χ2v) is 11.2. The summed E-state index contributed by atoms with van der Waals surface area (Å²) in [5.41, 5.74) is 14.2.